The molecule has 0 spiro atoms. The Morgan fingerprint density at radius 3 is 2.39 bits per heavy atom. The monoisotopic (exact) mass is 412 g/mol. The summed E-state index contributed by atoms with van der Waals surface area (Å²) >= 11 is 0. The van der Waals surface area contributed by atoms with E-state index in [0.29, 0.717) is 5.69 Å². The minimum atomic E-state index is -0.294. The molecular formula is C25H21FN4O. The van der Waals surface area contributed by atoms with Crippen molar-refractivity contribution in [3.8, 4) is 5.69 Å². The Morgan fingerprint density at radius 2 is 1.65 bits per heavy atom. The minimum absolute atomic E-state index is 0.221. The first-order valence-corrected chi connectivity index (χ1v) is 10.3. The molecule has 0 aliphatic heterocycles. The van der Waals surface area contributed by atoms with Crippen molar-refractivity contribution in [3.63, 3.8) is 0 Å². The molecule has 1 aliphatic rings. The van der Waals surface area contributed by atoms with E-state index in [4.69, 9.17) is 0 Å². The SMILES string of the molecule is O=C(Nc1ccc(Cc2ccncc2)cc1)c1nn(-c2ccc(F)cc2)c2c1CCC2. The molecule has 154 valence electrons. The molecule has 2 aromatic carbocycles. The van der Waals surface area contributed by atoms with Crippen LogP contribution >= 0.6 is 0 Å². The number of carbonyl (C=O) groups excluding carboxylic acids is 1. The molecule has 2 aromatic heterocycles. The highest BCUT2D eigenvalue weighted by Gasteiger charge is 2.27. The lowest BCUT2D eigenvalue weighted by Crippen LogP contribution is -2.15. The summed E-state index contributed by atoms with van der Waals surface area (Å²) in [5.74, 6) is -0.515. The van der Waals surface area contributed by atoms with Crippen LogP contribution in [-0.4, -0.2) is 20.7 Å². The minimum Gasteiger partial charge on any atom is -0.321 e. The lowest BCUT2D eigenvalue weighted by atomic mass is 10.1. The summed E-state index contributed by atoms with van der Waals surface area (Å²) in [7, 11) is 0. The zero-order chi connectivity index (χ0) is 21.2. The number of nitrogens with zero attached hydrogens (tertiary/aromatic N) is 3. The van der Waals surface area contributed by atoms with Crippen LogP contribution in [0.2, 0.25) is 0 Å². The van der Waals surface area contributed by atoms with Crippen molar-refractivity contribution in [2.75, 3.05) is 5.32 Å². The van der Waals surface area contributed by atoms with Gasteiger partial charge in [-0.15, -0.1) is 0 Å². The number of carbonyl (C=O) groups is 1. The zero-order valence-electron chi connectivity index (χ0n) is 16.9. The van der Waals surface area contributed by atoms with Crippen LogP contribution in [0, 0.1) is 5.82 Å². The van der Waals surface area contributed by atoms with Crippen LogP contribution in [0.15, 0.2) is 73.1 Å². The summed E-state index contributed by atoms with van der Waals surface area (Å²) in [4.78, 5) is 17.0. The number of halogens is 1. The van der Waals surface area contributed by atoms with E-state index in [1.807, 2.05) is 36.4 Å². The predicted octanol–water partition coefficient (Wildman–Crippen LogP) is 4.74. The smallest absolute Gasteiger partial charge is 0.276 e. The van der Waals surface area contributed by atoms with E-state index in [1.165, 1.54) is 17.7 Å². The average Bonchev–Trinajstić information content (AvgIpc) is 3.39. The Bertz CT molecular complexity index is 1220. The van der Waals surface area contributed by atoms with Crippen LogP contribution in [0.25, 0.3) is 5.69 Å². The number of fused-ring (bicyclic) bond motifs is 1. The lowest BCUT2D eigenvalue weighted by Gasteiger charge is -2.07. The molecule has 1 N–H and O–H groups in total. The van der Waals surface area contributed by atoms with Crippen molar-refractivity contribution < 1.29 is 9.18 Å². The number of rotatable bonds is 5. The van der Waals surface area contributed by atoms with E-state index >= 15 is 0 Å². The Morgan fingerprint density at radius 1 is 0.935 bits per heavy atom. The predicted molar refractivity (Wildman–Crippen MR) is 117 cm³/mol. The molecule has 6 heteroatoms. The molecule has 0 fully saturated rings. The van der Waals surface area contributed by atoms with E-state index in [9.17, 15) is 9.18 Å². The molecule has 0 atom stereocenters. The highest BCUT2D eigenvalue weighted by Crippen LogP contribution is 2.28. The van der Waals surface area contributed by atoms with Gasteiger partial charge in [-0.3, -0.25) is 9.78 Å². The fraction of sp³-hybridized carbons (Fsp3) is 0.160. The van der Waals surface area contributed by atoms with E-state index in [-0.39, 0.29) is 11.7 Å². The van der Waals surface area contributed by atoms with E-state index in [0.717, 1.165) is 53.9 Å². The number of benzene rings is 2. The number of aromatic nitrogens is 3. The molecule has 1 amide bonds. The average molecular weight is 412 g/mol. The van der Waals surface area contributed by atoms with Gasteiger partial charge in [-0.05, 0) is 85.3 Å². The molecule has 4 aromatic rings. The fourth-order valence-electron chi connectivity index (χ4n) is 4.05. The van der Waals surface area contributed by atoms with Crippen LogP contribution < -0.4 is 5.32 Å². The molecule has 0 saturated heterocycles. The van der Waals surface area contributed by atoms with Crippen LogP contribution in [0.5, 0.6) is 0 Å². The third-order valence-corrected chi connectivity index (χ3v) is 5.59. The van der Waals surface area contributed by atoms with Crippen molar-refractivity contribution in [1.29, 1.82) is 0 Å². The number of hydrogen-bond donors (Lipinski definition) is 1. The topological polar surface area (TPSA) is 59.8 Å². The van der Waals surface area contributed by atoms with Gasteiger partial charge >= 0.3 is 0 Å². The maximum absolute atomic E-state index is 13.3. The molecule has 31 heavy (non-hydrogen) atoms. The van der Waals surface area contributed by atoms with Crippen LogP contribution in [0.3, 0.4) is 0 Å². The van der Waals surface area contributed by atoms with Gasteiger partial charge in [0.1, 0.15) is 5.82 Å². The molecule has 0 bridgehead atoms. The maximum atomic E-state index is 13.3. The number of nitrogens with one attached hydrogen (secondary N) is 1. The van der Waals surface area contributed by atoms with Crippen molar-refractivity contribution in [2.24, 2.45) is 0 Å². The molecule has 1 aliphatic carbocycles. The quantitative estimate of drug-likeness (QED) is 0.515. The molecule has 0 unspecified atom stereocenters. The van der Waals surface area contributed by atoms with Gasteiger partial charge in [-0.1, -0.05) is 12.1 Å². The normalized spacial score (nSPS) is 12.5. The second kappa shape index (κ2) is 8.14. The van der Waals surface area contributed by atoms with Crippen molar-refractivity contribution in [1.82, 2.24) is 14.8 Å². The van der Waals surface area contributed by atoms with E-state index in [1.54, 1.807) is 29.2 Å². The molecule has 5 nitrogen and oxygen atoms in total. The Hall–Kier alpha value is -3.80. The zero-order valence-corrected chi connectivity index (χ0v) is 16.9. The Balaban J connectivity index is 1.35. The second-order valence-electron chi connectivity index (χ2n) is 7.70. The highest BCUT2D eigenvalue weighted by atomic mass is 19.1. The summed E-state index contributed by atoms with van der Waals surface area (Å²) < 4.78 is 15.1. The van der Waals surface area contributed by atoms with Gasteiger partial charge in [0.15, 0.2) is 5.69 Å². The van der Waals surface area contributed by atoms with Crippen LogP contribution in [-0.2, 0) is 19.3 Å². The second-order valence-corrected chi connectivity index (χ2v) is 7.70. The number of amides is 1. The Kier molecular flexibility index (Phi) is 5.04. The molecule has 0 saturated carbocycles. The molecule has 0 radical (unpaired) electrons. The summed E-state index contributed by atoms with van der Waals surface area (Å²) in [6.45, 7) is 0. The molecule has 2 heterocycles. The van der Waals surface area contributed by atoms with Gasteiger partial charge in [0.05, 0.1) is 5.69 Å². The third-order valence-electron chi connectivity index (χ3n) is 5.59. The van der Waals surface area contributed by atoms with Crippen molar-refractivity contribution in [2.45, 2.75) is 25.7 Å². The van der Waals surface area contributed by atoms with Crippen molar-refractivity contribution >= 4 is 11.6 Å². The molecular weight excluding hydrogens is 391 g/mol. The first-order chi connectivity index (χ1) is 15.2. The molecule has 5 rings (SSSR count). The van der Waals surface area contributed by atoms with E-state index in [2.05, 4.69) is 15.4 Å². The van der Waals surface area contributed by atoms with Gasteiger partial charge in [0, 0.05) is 29.3 Å². The van der Waals surface area contributed by atoms with E-state index < -0.39 is 0 Å². The third kappa shape index (κ3) is 3.97. The summed E-state index contributed by atoms with van der Waals surface area (Å²) in [5.41, 5.74) is 6.29. The fourth-order valence-corrected chi connectivity index (χ4v) is 4.05. The summed E-state index contributed by atoms with van der Waals surface area (Å²) in [6, 6.07) is 18.0. The lowest BCUT2D eigenvalue weighted by molar-refractivity contribution is 0.102. The summed E-state index contributed by atoms with van der Waals surface area (Å²) in [5, 5.41) is 7.55. The largest absolute Gasteiger partial charge is 0.321 e. The van der Waals surface area contributed by atoms with Gasteiger partial charge < -0.3 is 5.32 Å². The number of anilines is 1. The standard InChI is InChI=1S/C25H21FN4O/c26-19-6-10-21(11-7-19)30-23-3-1-2-22(23)24(29-30)25(31)28-20-8-4-17(5-9-20)16-18-12-14-27-15-13-18/h4-15H,1-3,16H2,(H,28,31). The Labute approximate surface area is 179 Å². The maximum Gasteiger partial charge on any atom is 0.276 e. The van der Waals surface area contributed by atoms with Gasteiger partial charge in [0.2, 0.25) is 0 Å². The first kappa shape index (κ1) is 19.2. The van der Waals surface area contributed by atoms with Gasteiger partial charge in [0.25, 0.3) is 5.91 Å². The van der Waals surface area contributed by atoms with Gasteiger partial charge in [-0.25, -0.2) is 9.07 Å². The van der Waals surface area contributed by atoms with Crippen molar-refractivity contribution in [3.05, 3.63) is 107 Å². The van der Waals surface area contributed by atoms with Crippen LogP contribution in [0.4, 0.5) is 10.1 Å². The summed E-state index contributed by atoms with van der Waals surface area (Å²) in [6.07, 6.45) is 7.05. The number of pyridine rings is 1. The number of hydrogen-bond acceptors (Lipinski definition) is 3. The van der Waals surface area contributed by atoms with Crippen LogP contribution in [0.1, 0.15) is 39.3 Å². The highest BCUT2D eigenvalue weighted by molar-refractivity contribution is 6.04. The van der Waals surface area contributed by atoms with Gasteiger partial charge in [-0.2, -0.15) is 5.10 Å². The first-order valence-electron chi connectivity index (χ1n) is 10.3.